The smallest absolute Gasteiger partial charge is 0.315 e. The molecule has 1 saturated heterocycles. The highest BCUT2D eigenvalue weighted by Gasteiger charge is 2.19. The molecule has 0 radical (unpaired) electrons. The van der Waals surface area contributed by atoms with Crippen molar-refractivity contribution in [2.75, 3.05) is 13.1 Å². The summed E-state index contributed by atoms with van der Waals surface area (Å²) in [6.45, 7) is 1.88. The minimum Gasteiger partial charge on any atom is -0.315 e. The molecule has 1 atom stereocenters. The van der Waals surface area contributed by atoms with Crippen LogP contribution in [-0.4, -0.2) is 22.6 Å². The number of aromatic amines is 1. The minimum absolute atomic E-state index is 0.0678. The Morgan fingerprint density at radius 3 is 3.06 bits per heavy atom. The summed E-state index contributed by atoms with van der Waals surface area (Å²) < 4.78 is 1.83. The Morgan fingerprint density at radius 1 is 1.41 bits per heavy atom. The maximum atomic E-state index is 12.0. The first-order valence-electron chi connectivity index (χ1n) is 5.87. The van der Waals surface area contributed by atoms with Crippen LogP contribution >= 0.6 is 11.6 Å². The molecule has 4 nitrogen and oxygen atoms in total. The van der Waals surface area contributed by atoms with Crippen LogP contribution in [0, 0.1) is 0 Å². The van der Waals surface area contributed by atoms with Crippen LogP contribution < -0.4 is 11.0 Å². The van der Waals surface area contributed by atoms with Gasteiger partial charge in [0.25, 0.3) is 0 Å². The zero-order chi connectivity index (χ0) is 11.8. The van der Waals surface area contributed by atoms with Gasteiger partial charge in [-0.3, -0.25) is 4.57 Å². The number of imidazole rings is 1. The molecule has 5 heteroatoms. The largest absolute Gasteiger partial charge is 0.326 e. The van der Waals surface area contributed by atoms with Crippen molar-refractivity contribution in [3.63, 3.8) is 0 Å². The molecular weight excluding hydrogens is 238 g/mol. The van der Waals surface area contributed by atoms with Crippen LogP contribution in [0.5, 0.6) is 0 Å². The number of hydrogen-bond donors (Lipinski definition) is 2. The number of H-pyrrole nitrogens is 1. The Labute approximate surface area is 104 Å². The molecule has 2 aromatic rings. The van der Waals surface area contributed by atoms with E-state index in [4.69, 9.17) is 11.6 Å². The molecule has 1 fully saturated rings. The van der Waals surface area contributed by atoms with Gasteiger partial charge in [0.1, 0.15) is 0 Å². The summed E-state index contributed by atoms with van der Waals surface area (Å²) in [4.78, 5) is 14.9. The van der Waals surface area contributed by atoms with Crippen molar-refractivity contribution in [1.82, 2.24) is 14.9 Å². The van der Waals surface area contributed by atoms with Gasteiger partial charge in [0.15, 0.2) is 0 Å². The Balaban J connectivity index is 2.18. The van der Waals surface area contributed by atoms with Gasteiger partial charge in [-0.05, 0) is 31.5 Å². The second-order valence-electron chi connectivity index (χ2n) is 4.43. The summed E-state index contributed by atoms with van der Waals surface area (Å²) in [5.41, 5.74) is 1.57. The molecule has 1 aromatic heterocycles. The van der Waals surface area contributed by atoms with Gasteiger partial charge in [0.2, 0.25) is 0 Å². The maximum absolute atomic E-state index is 12.0. The lowest BCUT2D eigenvalue weighted by Crippen LogP contribution is -2.35. The van der Waals surface area contributed by atoms with Gasteiger partial charge in [-0.2, -0.15) is 0 Å². The molecule has 0 amide bonds. The number of para-hydroxylation sites is 1. The van der Waals surface area contributed by atoms with Gasteiger partial charge in [-0.1, -0.05) is 17.7 Å². The van der Waals surface area contributed by atoms with Gasteiger partial charge in [-0.15, -0.1) is 0 Å². The molecular formula is C12H14ClN3O. The molecule has 2 heterocycles. The molecule has 0 spiro atoms. The van der Waals surface area contributed by atoms with E-state index in [2.05, 4.69) is 10.3 Å². The fourth-order valence-electron chi connectivity index (χ4n) is 2.53. The molecule has 1 aliphatic heterocycles. The third kappa shape index (κ3) is 1.77. The summed E-state index contributed by atoms with van der Waals surface area (Å²) in [5, 5.41) is 3.92. The van der Waals surface area contributed by atoms with Gasteiger partial charge in [0, 0.05) is 6.54 Å². The fraction of sp³-hybridized carbons (Fsp3) is 0.417. The molecule has 0 aliphatic carbocycles. The summed E-state index contributed by atoms with van der Waals surface area (Å²) in [5.74, 6) is 0. The first-order valence-corrected chi connectivity index (χ1v) is 6.24. The third-order valence-corrected chi connectivity index (χ3v) is 3.65. The molecule has 3 rings (SSSR count). The Hall–Kier alpha value is -1.26. The number of rotatable bonds is 1. The Bertz CT molecular complexity index is 595. The molecule has 1 unspecified atom stereocenters. The van der Waals surface area contributed by atoms with Crippen molar-refractivity contribution < 1.29 is 0 Å². The summed E-state index contributed by atoms with van der Waals surface area (Å²) in [6.07, 6.45) is 2.14. The lowest BCUT2D eigenvalue weighted by Gasteiger charge is -2.23. The van der Waals surface area contributed by atoms with Crippen molar-refractivity contribution in [2.45, 2.75) is 18.9 Å². The first kappa shape index (κ1) is 10.9. The molecule has 2 N–H and O–H groups in total. The van der Waals surface area contributed by atoms with Crippen molar-refractivity contribution in [3.8, 4) is 0 Å². The van der Waals surface area contributed by atoms with E-state index in [1.165, 1.54) is 0 Å². The average Bonchev–Trinajstić information content (AvgIpc) is 2.68. The molecule has 0 saturated carbocycles. The third-order valence-electron chi connectivity index (χ3n) is 3.34. The van der Waals surface area contributed by atoms with E-state index >= 15 is 0 Å². The van der Waals surface area contributed by atoms with E-state index in [-0.39, 0.29) is 11.7 Å². The second-order valence-corrected chi connectivity index (χ2v) is 4.84. The minimum atomic E-state index is -0.0678. The van der Waals surface area contributed by atoms with Crippen molar-refractivity contribution >= 4 is 22.6 Å². The van der Waals surface area contributed by atoms with Gasteiger partial charge in [0.05, 0.1) is 22.1 Å². The van der Waals surface area contributed by atoms with Crippen LogP contribution in [0.3, 0.4) is 0 Å². The highest BCUT2D eigenvalue weighted by Crippen LogP contribution is 2.24. The average molecular weight is 252 g/mol. The zero-order valence-electron chi connectivity index (χ0n) is 9.37. The van der Waals surface area contributed by atoms with E-state index < -0.39 is 0 Å². The van der Waals surface area contributed by atoms with Gasteiger partial charge >= 0.3 is 5.69 Å². The molecule has 1 aromatic carbocycles. The van der Waals surface area contributed by atoms with E-state index in [0.717, 1.165) is 37.0 Å². The van der Waals surface area contributed by atoms with E-state index in [9.17, 15) is 4.79 Å². The second kappa shape index (κ2) is 4.20. The number of hydrogen-bond acceptors (Lipinski definition) is 2. The summed E-state index contributed by atoms with van der Waals surface area (Å²) >= 11 is 6.08. The van der Waals surface area contributed by atoms with Crippen LogP contribution in [0.4, 0.5) is 0 Å². The van der Waals surface area contributed by atoms with Crippen LogP contribution in [-0.2, 0) is 0 Å². The number of piperidine rings is 1. The highest BCUT2D eigenvalue weighted by atomic mass is 35.5. The summed E-state index contributed by atoms with van der Waals surface area (Å²) in [7, 11) is 0. The quantitative estimate of drug-likeness (QED) is 0.814. The molecule has 1 aliphatic rings. The van der Waals surface area contributed by atoms with Crippen molar-refractivity contribution in [1.29, 1.82) is 0 Å². The normalized spacial score (nSPS) is 20.9. The number of fused-ring (bicyclic) bond motifs is 1. The fourth-order valence-corrected chi connectivity index (χ4v) is 2.75. The standard InChI is InChI=1S/C12H14ClN3O/c13-9-4-1-5-10-11(9)15-12(17)16(10)8-3-2-6-14-7-8/h1,4-5,8,14H,2-3,6-7H2,(H,15,17). The number of benzene rings is 1. The number of nitrogens with zero attached hydrogens (tertiary/aromatic N) is 1. The van der Waals surface area contributed by atoms with Crippen LogP contribution in [0.25, 0.3) is 11.0 Å². The molecule has 0 bridgehead atoms. The number of halogens is 1. The van der Waals surface area contributed by atoms with E-state index in [0.29, 0.717) is 5.02 Å². The maximum Gasteiger partial charge on any atom is 0.326 e. The first-order chi connectivity index (χ1) is 8.27. The van der Waals surface area contributed by atoms with Crippen LogP contribution in [0.15, 0.2) is 23.0 Å². The monoisotopic (exact) mass is 251 g/mol. The number of aromatic nitrogens is 2. The van der Waals surface area contributed by atoms with Crippen LogP contribution in [0.1, 0.15) is 18.9 Å². The molecule has 17 heavy (non-hydrogen) atoms. The van der Waals surface area contributed by atoms with Crippen molar-refractivity contribution in [3.05, 3.63) is 33.7 Å². The Morgan fingerprint density at radius 2 is 2.29 bits per heavy atom. The predicted molar refractivity (Wildman–Crippen MR) is 68.7 cm³/mol. The molecule has 90 valence electrons. The van der Waals surface area contributed by atoms with Crippen LogP contribution in [0.2, 0.25) is 5.02 Å². The van der Waals surface area contributed by atoms with Gasteiger partial charge < -0.3 is 10.3 Å². The van der Waals surface area contributed by atoms with Crippen molar-refractivity contribution in [2.24, 2.45) is 0 Å². The number of nitrogens with one attached hydrogen (secondary N) is 2. The lowest BCUT2D eigenvalue weighted by atomic mass is 10.1. The predicted octanol–water partition coefficient (Wildman–Crippen LogP) is 1.91. The summed E-state index contributed by atoms with van der Waals surface area (Å²) in [6, 6.07) is 5.84. The van der Waals surface area contributed by atoms with E-state index in [1.807, 2.05) is 16.7 Å². The lowest BCUT2D eigenvalue weighted by molar-refractivity contribution is 0.372. The SMILES string of the molecule is O=c1[nH]c2c(Cl)cccc2n1C1CCCNC1. The van der Waals surface area contributed by atoms with Gasteiger partial charge in [-0.25, -0.2) is 4.79 Å². The highest BCUT2D eigenvalue weighted by molar-refractivity contribution is 6.34. The zero-order valence-corrected chi connectivity index (χ0v) is 10.1. The topological polar surface area (TPSA) is 49.8 Å². The van der Waals surface area contributed by atoms with E-state index in [1.54, 1.807) is 6.07 Å². The Kier molecular flexibility index (Phi) is 2.68.